The summed E-state index contributed by atoms with van der Waals surface area (Å²) in [7, 11) is 0. The van der Waals surface area contributed by atoms with Crippen molar-refractivity contribution in [2.75, 3.05) is 23.4 Å². The first kappa shape index (κ1) is 13.6. The highest BCUT2D eigenvalue weighted by molar-refractivity contribution is 5.48. The molecule has 0 aromatic carbocycles. The van der Waals surface area contributed by atoms with Crippen LogP contribution in [-0.2, 0) is 0 Å². The van der Waals surface area contributed by atoms with Crippen molar-refractivity contribution in [3.8, 4) is 0 Å². The molecule has 0 radical (unpaired) electrons. The quantitative estimate of drug-likeness (QED) is 0.595. The first-order valence-electron chi connectivity index (χ1n) is 5.71. The van der Waals surface area contributed by atoms with Gasteiger partial charge in [0.2, 0.25) is 0 Å². The number of rotatable bonds is 6. The number of nitrogens with one attached hydrogen (secondary N) is 1. The van der Waals surface area contributed by atoms with E-state index in [1.807, 2.05) is 6.92 Å². The Labute approximate surface area is 99.8 Å². The Hall–Kier alpha value is -1.43. The molecule has 1 rings (SSSR count). The number of unbranched alkanes of at least 4 members (excludes halogenated alkanes) is 1. The molecule has 0 saturated carbocycles. The Balaban J connectivity index is 3.01. The van der Waals surface area contributed by atoms with Crippen LogP contribution in [-0.4, -0.2) is 18.1 Å². The molecule has 0 aliphatic heterocycles. The second-order valence-corrected chi connectivity index (χ2v) is 3.70. The van der Waals surface area contributed by atoms with E-state index in [0.717, 1.165) is 18.9 Å². The van der Waals surface area contributed by atoms with E-state index in [2.05, 4.69) is 17.3 Å². The number of aromatic nitrogens is 1. The lowest BCUT2D eigenvalue weighted by Crippen LogP contribution is -2.27. The van der Waals surface area contributed by atoms with Crippen molar-refractivity contribution in [2.24, 2.45) is 5.84 Å². The number of nitrogens with two attached hydrogens (primary N) is 1. The molecule has 0 aliphatic rings. The summed E-state index contributed by atoms with van der Waals surface area (Å²) in [4.78, 5) is 5.62. The maximum atomic E-state index is 13.6. The van der Waals surface area contributed by atoms with Gasteiger partial charge in [0.05, 0.1) is 0 Å². The van der Waals surface area contributed by atoms with E-state index < -0.39 is 11.6 Å². The summed E-state index contributed by atoms with van der Waals surface area (Å²) in [5, 5.41) is 0. The van der Waals surface area contributed by atoms with E-state index in [9.17, 15) is 8.78 Å². The summed E-state index contributed by atoms with van der Waals surface area (Å²) in [5.74, 6) is 3.65. The summed E-state index contributed by atoms with van der Waals surface area (Å²) in [6, 6.07) is 0.798. The van der Waals surface area contributed by atoms with Gasteiger partial charge in [0.25, 0.3) is 0 Å². The molecule has 96 valence electrons. The fraction of sp³-hybridized carbons (Fsp3) is 0.545. The monoisotopic (exact) mass is 244 g/mol. The summed E-state index contributed by atoms with van der Waals surface area (Å²) in [6.45, 7) is 5.25. The SMILES string of the molecule is CCCCN(CC)c1nc(NN)c(F)cc1F. The average Bonchev–Trinajstić information content (AvgIpc) is 2.32. The molecule has 6 heteroatoms. The van der Waals surface area contributed by atoms with Crippen LogP contribution in [0.2, 0.25) is 0 Å². The lowest BCUT2D eigenvalue weighted by molar-refractivity contribution is 0.568. The van der Waals surface area contributed by atoms with E-state index in [4.69, 9.17) is 5.84 Å². The number of nitrogen functional groups attached to an aromatic ring is 1. The third kappa shape index (κ3) is 3.26. The van der Waals surface area contributed by atoms with Gasteiger partial charge in [-0.3, -0.25) is 0 Å². The fourth-order valence-corrected chi connectivity index (χ4v) is 1.54. The minimum Gasteiger partial charge on any atom is -0.354 e. The van der Waals surface area contributed by atoms with Gasteiger partial charge in [-0.2, -0.15) is 0 Å². The molecule has 0 amide bonds. The molecule has 0 saturated heterocycles. The maximum Gasteiger partial charge on any atom is 0.178 e. The second-order valence-electron chi connectivity index (χ2n) is 3.70. The molecule has 0 aliphatic carbocycles. The van der Waals surface area contributed by atoms with Gasteiger partial charge in [-0.1, -0.05) is 13.3 Å². The Morgan fingerprint density at radius 3 is 2.59 bits per heavy atom. The maximum absolute atomic E-state index is 13.6. The second kappa shape index (κ2) is 6.34. The highest BCUT2D eigenvalue weighted by Crippen LogP contribution is 2.22. The van der Waals surface area contributed by atoms with Crippen molar-refractivity contribution in [2.45, 2.75) is 26.7 Å². The van der Waals surface area contributed by atoms with Crippen LogP contribution in [0.25, 0.3) is 0 Å². The third-order valence-corrected chi connectivity index (χ3v) is 2.51. The van der Waals surface area contributed by atoms with Crippen molar-refractivity contribution < 1.29 is 8.78 Å². The van der Waals surface area contributed by atoms with Gasteiger partial charge >= 0.3 is 0 Å². The minimum atomic E-state index is -0.791. The van der Waals surface area contributed by atoms with E-state index in [0.29, 0.717) is 13.1 Å². The van der Waals surface area contributed by atoms with Crippen LogP contribution in [0.4, 0.5) is 20.4 Å². The van der Waals surface area contributed by atoms with Crippen molar-refractivity contribution >= 4 is 11.6 Å². The molecule has 4 nitrogen and oxygen atoms in total. The molecule has 1 heterocycles. The average molecular weight is 244 g/mol. The molecule has 0 spiro atoms. The Morgan fingerprint density at radius 1 is 1.35 bits per heavy atom. The lowest BCUT2D eigenvalue weighted by Gasteiger charge is -2.22. The van der Waals surface area contributed by atoms with Crippen LogP contribution in [0, 0.1) is 11.6 Å². The smallest absolute Gasteiger partial charge is 0.178 e. The highest BCUT2D eigenvalue weighted by Gasteiger charge is 2.15. The summed E-state index contributed by atoms with van der Waals surface area (Å²) in [6.07, 6.45) is 1.93. The van der Waals surface area contributed by atoms with Gasteiger partial charge in [0.1, 0.15) is 0 Å². The molecular formula is C11H18F2N4. The zero-order valence-corrected chi connectivity index (χ0v) is 10.1. The molecule has 0 bridgehead atoms. The van der Waals surface area contributed by atoms with Crippen molar-refractivity contribution in [3.63, 3.8) is 0 Å². The number of hydrogen-bond acceptors (Lipinski definition) is 4. The minimum absolute atomic E-state index is 0.135. The first-order chi connectivity index (χ1) is 8.13. The number of nitrogens with zero attached hydrogens (tertiary/aromatic N) is 2. The van der Waals surface area contributed by atoms with Gasteiger partial charge < -0.3 is 10.3 Å². The first-order valence-corrected chi connectivity index (χ1v) is 5.71. The lowest BCUT2D eigenvalue weighted by atomic mass is 10.3. The number of halogens is 2. The van der Waals surface area contributed by atoms with Gasteiger partial charge in [-0.05, 0) is 13.3 Å². The van der Waals surface area contributed by atoms with Crippen LogP contribution in [0.1, 0.15) is 26.7 Å². The van der Waals surface area contributed by atoms with Crippen LogP contribution >= 0.6 is 0 Å². The van der Waals surface area contributed by atoms with Crippen LogP contribution in [0.15, 0.2) is 6.07 Å². The zero-order valence-electron chi connectivity index (χ0n) is 10.1. The normalized spacial score (nSPS) is 10.4. The standard InChI is InChI=1S/C11H18F2N4/c1-3-5-6-17(4-2)11-9(13)7-8(12)10(15-11)16-14/h7H,3-6,14H2,1-2H3,(H,15,16). The molecule has 1 aromatic rings. The third-order valence-electron chi connectivity index (χ3n) is 2.51. The van der Waals surface area contributed by atoms with E-state index in [-0.39, 0.29) is 11.6 Å². The number of anilines is 2. The van der Waals surface area contributed by atoms with Crippen molar-refractivity contribution in [1.82, 2.24) is 4.98 Å². The molecule has 1 aromatic heterocycles. The van der Waals surface area contributed by atoms with Crippen molar-refractivity contribution in [3.05, 3.63) is 17.7 Å². The Morgan fingerprint density at radius 2 is 2.06 bits per heavy atom. The van der Waals surface area contributed by atoms with E-state index in [1.54, 1.807) is 4.90 Å². The Bertz CT molecular complexity index is 371. The predicted molar refractivity (Wildman–Crippen MR) is 64.8 cm³/mol. The van der Waals surface area contributed by atoms with Crippen LogP contribution in [0.3, 0.4) is 0 Å². The fourth-order valence-electron chi connectivity index (χ4n) is 1.54. The van der Waals surface area contributed by atoms with Gasteiger partial charge in [0, 0.05) is 19.2 Å². The number of hydrazine groups is 1. The topological polar surface area (TPSA) is 54.2 Å². The highest BCUT2D eigenvalue weighted by atomic mass is 19.1. The molecule has 0 atom stereocenters. The predicted octanol–water partition coefficient (Wildman–Crippen LogP) is 2.27. The summed E-state index contributed by atoms with van der Waals surface area (Å²) in [5.41, 5.74) is 2.12. The van der Waals surface area contributed by atoms with Gasteiger partial charge in [-0.25, -0.2) is 19.6 Å². The molecule has 17 heavy (non-hydrogen) atoms. The summed E-state index contributed by atoms with van der Waals surface area (Å²) < 4.78 is 26.8. The van der Waals surface area contributed by atoms with E-state index >= 15 is 0 Å². The molecule has 3 N–H and O–H groups in total. The Kier molecular flexibility index (Phi) is 5.09. The molecule has 0 unspecified atom stereocenters. The summed E-state index contributed by atoms with van der Waals surface area (Å²) >= 11 is 0. The van der Waals surface area contributed by atoms with Gasteiger partial charge in [-0.15, -0.1) is 0 Å². The van der Waals surface area contributed by atoms with Crippen molar-refractivity contribution in [1.29, 1.82) is 0 Å². The molecular weight excluding hydrogens is 226 g/mol. The van der Waals surface area contributed by atoms with Crippen LogP contribution < -0.4 is 16.2 Å². The van der Waals surface area contributed by atoms with E-state index in [1.165, 1.54) is 0 Å². The van der Waals surface area contributed by atoms with Gasteiger partial charge in [0.15, 0.2) is 23.3 Å². The zero-order chi connectivity index (χ0) is 12.8. The number of pyridine rings is 1. The van der Waals surface area contributed by atoms with Crippen LogP contribution in [0.5, 0.6) is 0 Å². The number of hydrogen-bond donors (Lipinski definition) is 2. The largest absolute Gasteiger partial charge is 0.354 e. The molecule has 0 fully saturated rings.